The van der Waals surface area contributed by atoms with Gasteiger partial charge in [-0.2, -0.15) is 0 Å². The summed E-state index contributed by atoms with van der Waals surface area (Å²) in [6, 6.07) is 70.5. The predicted octanol–water partition coefficient (Wildman–Crippen LogP) is 12.8. The molecule has 10 aromatic rings. The Hall–Kier alpha value is -7.43. The Balaban J connectivity index is 1.07. The normalized spacial score (nSPS) is 12.8. The zero-order chi connectivity index (χ0) is 37.1. The molecule has 4 nitrogen and oxygen atoms in total. The molecule has 0 atom stereocenters. The van der Waals surface area contributed by atoms with E-state index in [9.17, 15) is 0 Å². The van der Waals surface area contributed by atoms with Crippen LogP contribution in [0, 0.1) is 0 Å². The van der Waals surface area contributed by atoms with Gasteiger partial charge in [-0.05, 0) is 45.0 Å². The molecule has 262 valence electrons. The van der Waals surface area contributed by atoms with Crippen LogP contribution in [0.15, 0.2) is 205 Å². The molecule has 0 amide bonds. The van der Waals surface area contributed by atoms with E-state index in [0.717, 1.165) is 49.8 Å². The molecule has 1 aliphatic carbocycles. The minimum absolute atomic E-state index is 0.556. The number of fused-ring (bicyclic) bond motifs is 6. The second-order valence-electron chi connectivity index (χ2n) is 14.3. The quantitative estimate of drug-likeness (QED) is 0.172. The minimum atomic E-state index is -0.556. The first-order chi connectivity index (χ1) is 27.8. The average Bonchev–Trinajstić information content (AvgIpc) is 3.81. The van der Waals surface area contributed by atoms with Crippen molar-refractivity contribution in [1.29, 1.82) is 0 Å². The van der Waals surface area contributed by atoms with E-state index in [2.05, 4.69) is 127 Å². The summed E-state index contributed by atoms with van der Waals surface area (Å²) in [5.41, 5.74) is 13.7. The van der Waals surface area contributed by atoms with Gasteiger partial charge in [-0.15, -0.1) is 0 Å². The van der Waals surface area contributed by atoms with Crippen LogP contribution in [0.4, 0.5) is 0 Å². The highest BCUT2D eigenvalue weighted by Gasteiger charge is 2.45. The van der Waals surface area contributed by atoms with Gasteiger partial charge in [-0.25, -0.2) is 15.0 Å². The van der Waals surface area contributed by atoms with Gasteiger partial charge in [0.25, 0.3) is 0 Å². The molecule has 2 aromatic heterocycles. The number of furan rings is 1. The van der Waals surface area contributed by atoms with Gasteiger partial charge in [0.15, 0.2) is 17.5 Å². The highest BCUT2D eigenvalue weighted by Crippen LogP contribution is 2.56. The molecule has 0 aliphatic heterocycles. The van der Waals surface area contributed by atoms with Gasteiger partial charge in [0.2, 0.25) is 0 Å². The molecule has 0 bridgehead atoms. The number of hydrogen-bond donors (Lipinski definition) is 0. The summed E-state index contributed by atoms with van der Waals surface area (Å²) in [5, 5.41) is 2.26. The number of hydrogen-bond acceptors (Lipinski definition) is 4. The molecule has 2 heterocycles. The zero-order valence-electron chi connectivity index (χ0n) is 30.3. The lowest BCUT2D eigenvalue weighted by Crippen LogP contribution is -2.28. The summed E-state index contributed by atoms with van der Waals surface area (Å²) in [4.78, 5) is 14.9. The van der Waals surface area contributed by atoms with Crippen molar-refractivity contribution in [2.75, 3.05) is 0 Å². The van der Waals surface area contributed by atoms with E-state index < -0.39 is 5.41 Å². The van der Waals surface area contributed by atoms with E-state index in [1.807, 2.05) is 72.8 Å². The Labute approximate surface area is 324 Å². The standard InChI is InChI=1S/C52H33N3O/c1-3-14-35(15-4-1)49-53-50(36-16-5-2-6-17-36)55-51(54-49)37-28-32-39(33-29-37)52(45-23-10-7-18-41(45)42-19-8-11-24-46(42)52)38-30-26-34(27-31-38)40-21-13-22-44-43-20-9-12-25-47(43)56-48(40)44/h1-33H. The fraction of sp³-hybridized carbons (Fsp3) is 0.0192. The van der Waals surface area contributed by atoms with Crippen molar-refractivity contribution in [3.63, 3.8) is 0 Å². The van der Waals surface area contributed by atoms with Crippen molar-refractivity contribution in [3.05, 3.63) is 222 Å². The van der Waals surface area contributed by atoms with Gasteiger partial charge >= 0.3 is 0 Å². The van der Waals surface area contributed by atoms with E-state index in [4.69, 9.17) is 19.4 Å². The summed E-state index contributed by atoms with van der Waals surface area (Å²) < 4.78 is 6.45. The number of para-hydroxylation sites is 2. The summed E-state index contributed by atoms with van der Waals surface area (Å²) >= 11 is 0. The lowest BCUT2D eigenvalue weighted by Gasteiger charge is -2.34. The Morgan fingerprint density at radius 2 is 0.750 bits per heavy atom. The SMILES string of the molecule is c1ccc(-c2nc(-c3ccccc3)nc(-c3ccc(C4(c5ccc(-c6cccc7c6oc6ccccc67)cc5)c5ccccc5-c5ccccc54)cc3)n2)cc1. The van der Waals surface area contributed by atoms with Crippen LogP contribution in [0.3, 0.4) is 0 Å². The van der Waals surface area contributed by atoms with Crippen molar-refractivity contribution in [3.8, 4) is 56.4 Å². The van der Waals surface area contributed by atoms with Crippen molar-refractivity contribution in [1.82, 2.24) is 15.0 Å². The molecular formula is C52H33N3O. The minimum Gasteiger partial charge on any atom is -0.455 e. The second kappa shape index (κ2) is 12.9. The summed E-state index contributed by atoms with van der Waals surface area (Å²) in [6.45, 7) is 0. The molecule has 0 spiro atoms. The molecule has 8 aromatic carbocycles. The predicted molar refractivity (Wildman–Crippen MR) is 226 cm³/mol. The molecule has 0 N–H and O–H groups in total. The monoisotopic (exact) mass is 715 g/mol. The molecule has 4 heteroatoms. The topological polar surface area (TPSA) is 51.8 Å². The summed E-state index contributed by atoms with van der Waals surface area (Å²) in [6.07, 6.45) is 0. The number of rotatable bonds is 6. The van der Waals surface area contributed by atoms with Gasteiger partial charge in [0.1, 0.15) is 11.2 Å². The van der Waals surface area contributed by atoms with Gasteiger partial charge in [-0.1, -0.05) is 194 Å². The first-order valence-electron chi connectivity index (χ1n) is 18.9. The maximum absolute atomic E-state index is 6.45. The number of benzene rings is 8. The zero-order valence-corrected chi connectivity index (χ0v) is 30.3. The van der Waals surface area contributed by atoms with Crippen molar-refractivity contribution in [2.24, 2.45) is 0 Å². The maximum Gasteiger partial charge on any atom is 0.164 e. The van der Waals surface area contributed by atoms with Crippen LogP contribution in [0.25, 0.3) is 78.4 Å². The molecule has 0 radical (unpaired) electrons. The Kier molecular flexibility index (Phi) is 7.36. The molecule has 0 fully saturated rings. The van der Waals surface area contributed by atoms with Crippen LogP contribution in [-0.4, -0.2) is 15.0 Å². The second-order valence-corrected chi connectivity index (χ2v) is 14.3. The first kappa shape index (κ1) is 32.0. The Morgan fingerprint density at radius 1 is 0.321 bits per heavy atom. The highest BCUT2D eigenvalue weighted by atomic mass is 16.3. The van der Waals surface area contributed by atoms with Crippen LogP contribution in [0.5, 0.6) is 0 Å². The van der Waals surface area contributed by atoms with Crippen molar-refractivity contribution < 1.29 is 4.42 Å². The van der Waals surface area contributed by atoms with Crippen LogP contribution in [0.1, 0.15) is 22.3 Å². The molecule has 11 rings (SSSR count). The maximum atomic E-state index is 6.45. The van der Waals surface area contributed by atoms with E-state index in [0.29, 0.717) is 17.5 Å². The lowest BCUT2D eigenvalue weighted by atomic mass is 9.67. The Morgan fingerprint density at radius 3 is 1.32 bits per heavy atom. The van der Waals surface area contributed by atoms with E-state index in [1.165, 1.54) is 33.4 Å². The third kappa shape index (κ3) is 4.96. The highest BCUT2D eigenvalue weighted by molar-refractivity contribution is 6.09. The summed E-state index contributed by atoms with van der Waals surface area (Å²) in [5.74, 6) is 1.92. The third-order valence-corrected chi connectivity index (χ3v) is 11.3. The Bertz CT molecular complexity index is 2960. The first-order valence-corrected chi connectivity index (χ1v) is 18.9. The molecule has 1 aliphatic rings. The van der Waals surface area contributed by atoms with Gasteiger partial charge in [0.05, 0.1) is 5.41 Å². The van der Waals surface area contributed by atoms with E-state index in [-0.39, 0.29) is 0 Å². The smallest absolute Gasteiger partial charge is 0.164 e. The lowest BCUT2D eigenvalue weighted by molar-refractivity contribution is 0.670. The molecule has 0 unspecified atom stereocenters. The largest absolute Gasteiger partial charge is 0.455 e. The number of nitrogens with zero attached hydrogens (tertiary/aromatic N) is 3. The van der Waals surface area contributed by atoms with Gasteiger partial charge in [0, 0.05) is 33.0 Å². The molecular weight excluding hydrogens is 683 g/mol. The fourth-order valence-electron chi connectivity index (χ4n) is 8.71. The van der Waals surface area contributed by atoms with Gasteiger partial charge < -0.3 is 4.42 Å². The van der Waals surface area contributed by atoms with E-state index in [1.54, 1.807) is 0 Å². The third-order valence-electron chi connectivity index (χ3n) is 11.3. The van der Waals surface area contributed by atoms with Crippen LogP contribution in [-0.2, 0) is 5.41 Å². The van der Waals surface area contributed by atoms with Gasteiger partial charge in [-0.3, -0.25) is 0 Å². The fourth-order valence-corrected chi connectivity index (χ4v) is 8.71. The molecule has 0 saturated heterocycles. The summed E-state index contributed by atoms with van der Waals surface area (Å²) in [7, 11) is 0. The van der Waals surface area contributed by atoms with E-state index >= 15 is 0 Å². The molecule has 56 heavy (non-hydrogen) atoms. The molecule has 0 saturated carbocycles. The van der Waals surface area contributed by atoms with Crippen LogP contribution < -0.4 is 0 Å². The van der Waals surface area contributed by atoms with Crippen molar-refractivity contribution >= 4 is 21.9 Å². The van der Waals surface area contributed by atoms with Crippen LogP contribution in [0.2, 0.25) is 0 Å². The van der Waals surface area contributed by atoms with Crippen molar-refractivity contribution in [2.45, 2.75) is 5.41 Å². The average molecular weight is 716 g/mol. The van der Waals surface area contributed by atoms with Crippen LogP contribution >= 0.6 is 0 Å². The number of aromatic nitrogens is 3.